The van der Waals surface area contributed by atoms with E-state index in [4.69, 9.17) is 5.73 Å². The second-order valence-electron chi connectivity index (χ2n) is 5.79. The van der Waals surface area contributed by atoms with Gasteiger partial charge in [-0.25, -0.2) is 0 Å². The molecule has 1 aromatic rings. The molecule has 2 aliphatic rings. The van der Waals surface area contributed by atoms with Gasteiger partial charge in [-0.15, -0.1) is 0 Å². The number of piperazine rings is 1. The summed E-state index contributed by atoms with van der Waals surface area (Å²) in [6.45, 7) is 3.42. The molecule has 5 heteroatoms. The van der Waals surface area contributed by atoms with E-state index in [1.54, 1.807) is 0 Å². The van der Waals surface area contributed by atoms with E-state index in [1.165, 1.54) is 5.69 Å². The van der Waals surface area contributed by atoms with Crippen molar-refractivity contribution < 1.29 is 4.79 Å². The third-order valence-electron chi connectivity index (χ3n) is 4.44. The van der Waals surface area contributed by atoms with Crippen molar-refractivity contribution in [2.75, 3.05) is 31.1 Å². The molecule has 3 rings (SSSR count). The molecule has 108 valence electrons. The predicted octanol–water partition coefficient (Wildman–Crippen LogP) is 0.858. The summed E-state index contributed by atoms with van der Waals surface area (Å²) in [6, 6.07) is 4.27. The highest BCUT2D eigenvalue weighted by Crippen LogP contribution is 2.26. The summed E-state index contributed by atoms with van der Waals surface area (Å²) >= 11 is 0. The molecule has 2 unspecified atom stereocenters. The van der Waals surface area contributed by atoms with Crippen LogP contribution in [0.2, 0.25) is 0 Å². The largest absolute Gasteiger partial charge is 0.368 e. The molecule has 0 spiro atoms. The van der Waals surface area contributed by atoms with Crippen LogP contribution in [0.1, 0.15) is 19.3 Å². The summed E-state index contributed by atoms with van der Waals surface area (Å²) in [5.41, 5.74) is 7.10. The Morgan fingerprint density at radius 3 is 2.45 bits per heavy atom. The highest BCUT2D eigenvalue weighted by Gasteiger charge is 2.32. The number of nitrogens with two attached hydrogens (primary N) is 1. The third-order valence-corrected chi connectivity index (χ3v) is 4.44. The number of aromatic nitrogens is 1. The first kappa shape index (κ1) is 13.4. The van der Waals surface area contributed by atoms with Gasteiger partial charge in [-0.3, -0.25) is 9.78 Å². The fraction of sp³-hybridized carbons (Fsp3) is 0.600. The van der Waals surface area contributed by atoms with Gasteiger partial charge in [0.2, 0.25) is 5.91 Å². The van der Waals surface area contributed by atoms with Gasteiger partial charge in [0, 0.05) is 56.2 Å². The van der Waals surface area contributed by atoms with Crippen LogP contribution in [-0.4, -0.2) is 48.0 Å². The van der Waals surface area contributed by atoms with Crippen LogP contribution < -0.4 is 10.6 Å². The van der Waals surface area contributed by atoms with E-state index >= 15 is 0 Å². The van der Waals surface area contributed by atoms with Crippen molar-refractivity contribution in [3.05, 3.63) is 24.5 Å². The van der Waals surface area contributed by atoms with Gasteiger partial charge in [0.05, 0.1) is 0 Å². The maximum atomic E-state index is 12.4. The van der Waals surface area contributed by atoms with Crippen molar-refractivity contribution in [2.45, 2.75) is 25.3 Å². The Balaban J connectivity index is 1.55. The first-order valence-corrected chi connectivity index (χ1v) is 7.43. The molecule has 0 aromatic carbocycles. The fourth-order valence-corrected chi connectivity index (χ4v) is 3.24. The molecule has 1 aliphatic heterocycles. The number of rotatable bonds is 2. The zero-order valence-electron chi connectivity index (χ0n) is 11.7. The van der Waals surface area contributed by atoms with Crippen LogP contribution in [0.25, 0.3) is 0 Å². The van der Waals surface area contributed by atoms with Crippen LogP contribution in [-0.2, 0) is 4.79 Å². The van der Waals surface area contributed by atoms with Crippen LogP contribution in [0.3, 0.4) is 0 Å². The second kappa shape index (κ2) is 5.79. The lowest BCUT2D eigenvalue weighted by Gasteiger charge is -2.37. The summed E-state index contributed by atoms with van der Waals surface area (Å²) in [5.74, 6) is 0.477. The van der Waals surface area contributed by atoms with Gasteiger partial charge in [0.1, 0.15) is 0 Å². The maximum absolute atomic E-state index is 12.4. The number of hydrogen-bond donors (Lipinski definition) is 1. The molecule has 20 heavy (non-hydrogen) atoms. The predicted molar refractivity (Wildman–Crippen MR) is 78.3 cm³/mol. The average Bonchev–Trinajstić information content (AvgIpc) is 2.94. The highest BCUT2D eigenvalue weighted by atomic mass is 16.2. The zero-order chi connectivity index (χ0) is 13.9. The standard InChI is InChI=1S/C15H22N4O/c16-13-2-1-12(11-13)15(20)19-9-7-18(8-10-19)14-3-5-17-6-4-14/h3-6,12-13H,1-2,7-11,16H2. The molecule has 1 aliphatic carbocycles. The fourth-order valence-electron chi connectivity index (χ4n) is 3.24. The normalized spacial score (nSPS) is 26.9. The van der Waals surface area contributed by atoms with E-state index in [1.807, 2.05) is 29.4 Å². The summed E-state index contributed by atoms with van der Waals surface area (Å²) in [5, 5.41) is 0. The van der Waals surface area contributed by atoms with Crippen molar-refractivity contribution in [3.8, 4) is 0 Å². The number of anilines is 1. The van der Waals surface area contributed by atoms with Crippen molar-refractivity contribution >= 4 is 11.6 Å². The van der Waals surface area contributed by atoms with Crippen LogP contribution in [0.5, 0.6) is 0 Å². The van der Waals surface area contributed by atoms with E-state index in [9.17, 15) is 4.79 Å². The lowest BCUT2D eigenvalue weighted by molar-refractivity contribution is -0.135. The number of nitrogens with zero attached hydrogens (tertiary/aromatic N) is 3. The monoisotopic (exact) mass is 274 g/mol. The van der Waals surface area contributed by atoms with Gasteiger partial charge >= 0.3 is 0 Å². The molecule has 0 bridgehead atoms. The van der Waals surface area contributed by atoms with E-state index in [2.05, 4.69) is 9.88 Å². The maximum Gasteiger partial charge on any atom is 0.225 e. The van der Waals surface area contributed by atoms with Gasteiger partial charge in [-0.1, -0.05) is 0 Å². The van der Waals surface area contributed by atoms with E-state index in [-0.39, 0.29) is 12.0 Å². The van der Waals surface area contributed by atoms with Gasteiger partial charge in [0.15, 0.2) is 0 Å². The zero-order valence-corrected chi connectivity index (χ0v) is 11.7. The third kappa shape index (κ3) is 2.77. The molecule has 5 nitrogen and oxygen atoms in total. The lowest BCUT2D eigenvalue weighted by atomic mass is 10.1. The minimum atomic E-state index is 0.164. The summed E-state index contributed by atoms with van der Waals surface area (Å²) in [7, 11) is 0. The molecule has 0 radical (unpaired) electrons. The molecule has 1 amide bonds. The number of carbonyl (C=O) groups excluding carboxylic acids is 1. The van der Waals surface area contributed by atoms with Crippen molar-refractivity contribution in [1.29, 1.82) is 0 Å². The van der Waals surface area contributed by atoms with Gasteiger partial charge in [-0.05, 0) is 31.4 Å². The molecule has 2 heterocycles. The molecule has 2 fully saturated rings. The number of amides is 1. The average molecular weight is 274 g/mol. The quantitative estimate of drug-likeness (QED) is 0.869. The van der Waals surface area contributed by atoms with Gasteiger partial charge < -0.3 is 15.5 Å². The molecule has 1 saturated carbocycles. The molecular formula is C15H22N4O. The van der Waals surface area contributed by atoms with Crippen molar-refractivity contribution in [3.63, 3.8) is 0 Å². The Morgan fingerprint density at radius 1 is 1.15 bits per heavy atom. The van der Waals surface area contributed by atoms with Crippen molar-refractivity contribution in [2.24, 2.45) is 11.7 Å². The van der Waals surface area contributed by atoms with Crippen LogP contribution in [0, 0.1) is 5.92 Å². The van der Waals surface area contributed by atoms with Crippen LogP contribution >= 0.6 is 0 Å². The van der Waals surface area contributed by atoms with Crippen LogP contribution in [0.4, 0.5) is 5.69 Å². The molecule has 2 N–H and O–H groups in total. The Hall–Kier alpha value is -1.62. The summed E-state index contributed by atoms with van der Waals surface area (Å²) in [4.78, 5) is 20.8. The minimum Gasteiger partial charge on any atom is -0.368 e. The Labute approximate surface area is 119 Å². The number of pyridine rings is 1. The topological polar surface area (TPSA) is 62.5 Å². The van der Waals surface area contributed by atoms with Gasteiger partial charge in [-0.2, -0.15) is 0 Å². The summed E-state index contributed by atoms with van der Waals surface area (Å²) in [6.07, 6.45) is 6.45. The smallest absolute Gasteiger partial charge is 0.225 e. The minimum absolute atomic E-state index is 0.164. The number of hydrogen-bond acceptors (Lipinski definition) is 4. The second-order valence-corrected chi connectivity index (χ2v) is 5.79. The van der Waals surface area contributed by atoms with E-state index in [0.29, 0.717) is 5.91 Å². The SMILES string of the molecule is NC1CCC(C(=O)N2CCN(c3ccncc3)CC2)C1. The summed E-state index contributed by atoms with van der Waals surface area (Å²) < 4.78 is 0. The van der Waals surface area contributed by atoms with Gasteiger partial charge in [0.25, 0.3) is 0 Å². The molecule has 2 atom stereocenters. The van der Waals surface area contributed by atoms with Crippen LogP contribution in [0.15, 0.2) is 24.5 Å². The molecule has 1 saturated heterocycles. The first-order chi connectivity index (χ1) is 9.74. The Kier molecular flexibility index (Phi) is 3.87. The van der Waals surface area contributed by atoms with E-state index in [0.717, 1.165) is 45.4 Å². The Bertz CT molecular complexity index is 456. The Morgan fingerprint density at radius 2 is 1.85 bits per heavy atom. The highest BCUT2D eigenvalue weighted by molar-refractivity contribution is 5.79. The number of carbonyl (C=O) groups is 1. The molecular weight excluding hydrogens is 252 g/mol. The van der Waals surface area contributed by atoms with E-state index < -0.39 is 0 Å². The molecule has 1 aromatic heterocycles. The lowest BCUT2D eigenvalue weighted by Crippen LogP contribution is -2.50. The van der Waals surface area contributed by atoms with Crippen molar-refractivity contribution in [1.82, 2.24) is 9.88 Å². The first-order valence-electron chi connectivity index (χ1n) is 7.43.